The summed E-state index contributed by atoms with van der Waals surface area (Å²) in [7, 11) is 0. The molecule has 0 spiro atoms. The lowest BCUT2D eigenvalue weighted by Crippen LogP contribution is -2.37. The number of carbonyl (C=O) groups is 1. The first-order valence-corrected chi connectivity index (χ1v) is 8.34. The smallest absolute Gasteiger partial charge is 0.164 e. The van der Waals surface area contributed by atoms with Crippen LogP contribution in [0.1, 0.15) is 30.1 Å². The Labute approximate surface area is 125 Å². The normalized spacial score (nSPS) is 16.2. The quantitative estimate of drug-likeness (QED) is 0.571. The predicted octanol–water partition coefficient (Wildman–Crippen LogP) is 3.09. The van der Waals surface area contributed by atoms with E-state index in [2.05, 4.69) is 24.0 Å². The SMILES string of the molecule is CCCSc1ccc(C(=O)CCN2CCOCC2)cc1. The first-order valence-electron chi connectivity index (χ1n) is 7.35. The van der Waals surface area contributed by atoms with Crippen molar-refractivity contribution in [1.82, 2.24) is 4.90 Å². The van der Waals surface area contributed by atoms with Gasteiger partial charge in [-0.3, -0.25) is 9.69 Å². The molecule has 3 nitrogen and oxygen atoms in total. The number of ether oxygens (including phenoxy) is 1. The Balaban J connectivity index is 1.79. The minimum absolute atomic E-state index is 0.239. The average molecular weight is 293 g/mol. The summed E-state index contributed by atoms with van der Waals surface area (Å²) in [6.45, 7) is 6.49. The average Bonchev–Trinajstić information content (AvgIpc) is 2.52. The van der Waals surface area contributed by atoms with Crippen LogP contribution < -0.4 is 0 Å². The van der Waals surface area contributed by atoms with Crippen LogP contribution in [0.4, 0.5) is 0 Å². The molecule has 0 amide bonds. The molecular formula is C16H23NO2S. The topological polar surface area (TPSA) is 29.5 Å². The van der Waals surface area contributed by atoms with Crippen molar-refractivity contribution in [2.24, 2.45) is 0 Å². The molecule has 110 valence electrons. The molecule has 1 aromatic rings. The van der Waals surface area contributed by atoms with Gasteiger partial charge in [-0.15, -0.1) is 11.8 Å². The summed E-state index contributed by atoms with van der Waals surface area (Å²) in [6.07, 6.45) is 1.77. The molecule has 0 bridgehead atoms. The summed E-state index contributed by atoms with van der Waals surface area (Å²) >= 11 is 1.84. The summed E-state index contributed by atoms with van der Waals surface area (Å²) in [5.74, 6) is 1.37. The molecule has 0 unspecified atom stereocenters. The summed E-state index contributed by atoms with van der Waals surface area (Å²) in [4.78, 5) is 15.7. The van der Waals surface area contributed by atoms with E-state index in [0.29, 0.717) is 6.42 Å². The fraction of sp³-hybridized carbons (Fsp3) is 0.562. The van der Waals surface area contributed by atoms with Gasteiger partial charge in [-0.1, -0.05) is 19.1 Å². The van der Waals surface area contributed by atoms with Gasteiger partial charge in [-0.2, -0.15) is 0 Å². The third kappa shape index (κ3) is 4.93. The van der Waals surface area contributed by atoms with E-state index < -0.39 is 0 Å². The lowest BCUT2D eigenvalue weighted by atomic mass is 10.1. The largest absolute Gasteiger partial charge is 0.379 e. The molecule has 0 aromatic heterocycles. The monoisotopic (exact) mass is 293 g/mol. The highest BCUT2D eigenvalue weighted by Crippen LogP contribution is 2.19. The number of nitrogens with zero attached hydrogens (tertiary/aromatic N) is 1. The standard InChI is InChI=1S/C16H23NO2S/c1-2-13-20-15-5-3-14(4-6-15)16(18)7-8-17-9-11-19-12-10-17/h3-6H,2,7-13H2,1H3. The molecule has 0 N–H and O–H groups in total. The van der Waals surface area contributed by atoms with Gasteiger partial charge in [0.25, 0.3) is 0 Å². The van der Waals surface area contributed by atoms with Crippen LogP contribution in [0.15, 0.2) is 29.2 Å². The third-order valence-electron chi connectivity index (χ3n) is 3.41. The van der Waals surface area contributed by atoms with E-state index >= 15 is 0 Å². The summed E-state index contributed by atoms with van der Waals surface area (Å²) in [6, 6.07) is 8.03. The first kappa shape index (κ1) is 15.5. The molecule has 1 saturated heterocycles. The zero-order chi connectivity index (χ0) is 14.2. The summed E-state index contributed by atoms with van der Waals surface area (Å²) < 4.78 is 5.31. The Kier molecular flexibility index (Phi) is 6.57. The molecule has 1 aliphatic rings. The van der Waals surface area contributed by atoms with Crippen molar-refractivity contribution in [2.45, 2.75) is 24.7 Å². The Bertz CT molecular complexity index is 413. The van der Waals surface area contributed by atoms with Gasteiger partial charge in [-0.05, 0) is 24.3 Å². The molecule has 0 aliphatic carbocycles. The second-order valence-corrected chi connectivity index (χ2v) is 6.17. The summed E-state index contributed by atoms with van der Waals surface area (Å²) in [5.41, 5.74) is 0.833. The lowest BCUT2D eigenvalue weighted by Gasteiger charge is -2.26. The van der Waals surface area contributed by atoms with Gasteiger partial charge in [0.05, 0.1) is 13.2 Å². The van der Waals surface area contributed by atoms with E-state index in [1.165, 1.54) is 11.3 Å². The highest BCUT2D eigenvalue weighted by atomic mass is 32.2. The number of hydrogen-bond donors (Lipinski definition) is 0. The van der Waals surface area contributed by atoms with Crippen molar-refractivity contribution in [2.75, 3.05) is 38.6 Å². The summed E-state index contributed by atoms with van der Waals surface area (Å²) in [5, 5.41) is 0. The van der Waals surface area contributed by atoms with Crippen LogP contribution in [0.2, 0.25) is 0 Å². The zero-order valence-corrected chi connectivity index (χ0v) is 13.0. The maximum atomic E-state index is 12.1. The van der Waals surface area contributed by atoms with Crippen LogP contribution in [0.25, 0.3) is 0 Å². The molecule has 0 radical (unpaired) electrons. The minimum Gasteiger partial charge on any atom is -0.379 e. The Hall–Kier alpha value is -0.840. The number of thioether (sulfide) groups is 1. The number of rotatable bonds is 7. The molecule has 0 atom stereocenters. The fourth-order valence-corrected chi connectivity index (χ4v) is 2.95. The number of Topliss-reactive ketones (excluding diaryl/α,β-unsaturated/α-hetero) is 1. The van der Waals surface area contributed by atoms with Gasteiger partial charge in [-0.25, -0.2) is 0 Å². The molecule has 1 fully saturated rings. The Morgan fingerprint density at radius 1 is 1.25 bits per heavy atom. The molecule has 20 heavy (non-hydrogen) atoms. The number of carbonyl (C=O) groups excluding carboxylic acids is 1. The highest BCUT2D eigenvalue weighted by Gasteiger charge is 2.12. The van der Waals surface area contributed by atoms with Gasteiger partial charge < -0.3 is 4.74 Å². The second-order valence-electron chi connectivity index (χ2n) is 5.00. The maximum Gasteiger partial charge on any atom is 0.164 e. The van der Waals surface area contributed by atoms with Crippen LogP contribution in [-0.2, 0) is 4.74 Å². The van der Waals surface area contributed by atoms with Crippen molar-refractivity contribution in [3.05, 3.63) is 29.8 Å². The van der Waals surface area contributed by atoms with Gasteiger partial charge >= 0.3 is 0 Å². The zero-order valence-electron chi connectivity index (χ0n) is 12.1. The first-order chi connectivity index (χ1) is 9.79. The van der Waals surface area contributed by atoms with Crippen molar-refractivity contribution in [3.63, 3.8) is 0 Å². The number of ketones is 1. The van der Waals surface area contributed by atoms with Crippen LogP contribution in [0, 0.1) is 0 Å². The van der Waals surface area contributed by atoms with E-state index in [-0.39, 0.29) is 5.78 Å². The van der Waals surface area contributed by atoms with Crippen LogP contribution >= 0.6 is 11.8 Å². The van der Waals surface area contributed by atoms with E-state index in [9.17, 15) is 4.79 Å². The molecule has 1 aromatic carbocycles. The van der Waals surface area contributed by atoms with E-state index in [4.69, 9.17) is 4.74 Å². The maximum absolute atomic E-state index is 12.1. The fourth-order valence-electron chi connectivity index (χ4n) is 2.19. The Morgan fingerprint density at radius 2 is 1.95 bits per heavy atom. The van der Waals surface area contributed by atoms with Gasteiger partial charge in [0, 0.05) is 36.5 Å². The van der Waals surface area contributed by atoms with Crippen molar-refractivity contribution < 1.29 is 9.53 Å². The van der Waals surface area contributed by atoms with Gasteiger partial charge in [0.1, 0.15) is 0 Å². The van der Waals surface area contributed by atoms with Crippen LogP contribution in [-0.4, -0.2) is 49.3 Å². The van der Waals surface area contributed by atoms with Crippen molar-refractivity contribution >= 4 is 17.5 Å². The Morgan fingerprint density at radius 3 is 2.60 bits per heavy atom. The van der Waals surface area contributed by atoms with E-state index in [0.717, 1.165) is 44.2 Å². The molecule has 1 heterocycles. The highest BCUT2D eigenvalue weighted by molar-refractivity contribution is 7.99. The van der Waals surface area contributed by atoms with Gasteiger partial charge in [0.2, 0.25) is 0 Å². The van der Waals surface area contributed by atoms with Crippen LogP contribution in [0.3, 0.4) is 0 Å². The molecule has 2 rings (SSSR count). The van der Waals surface area contributed by atoms with Gasteiger partial charge in [0.15, 0.2) is 5.78 Å². The molecular weight excluding hydrogens is 270 g/mol. The number of hydrogen-bond acceptors (Lipinski definition) is 4. The molecule has 0 saturated carbocycles. The predicted molar refractivity (Wildman–Crippen MR) is 83.7 cm³/mol. The lowest BCUT2D eigenvalue weighted by molar-refractivity contribution is 0.0370. The number of morpholine rings is 1. The molecule has 1 aliphatic heterocycles. The number of benzene rings is 1. The molecule has 4 heteroatoms. The van der Waals surface area contributed by atoms with Crippen molar-refractivity contribution in [1.29, 1.82) is 0 Å². The third-order valence-corrected chi connectivity index (χ3v) is 4.63. The van der Waals surface area contributed by atoms with E-state index in [1.807, 2.05) is 23.9 Å². The second kappa shape index (κ2) is 8.45. The van der Waals surface area contributed by atoms with Crippen LogP contribution in [0.5, 0.6) is 0 Å². The van der Waals surface area contributed by atoms with E-state index in [1.54, 1.807) is 0 Å². The van der Waals surface area contributed by atoms with Crippen molar-refractivity contribution in [3.8, 4) is 0 Å². The minimum atomic E-state index is 0.239.